The summed E-state index contributed by atoms with van der Waals surface area (Å²) in [6, 6.07) is 9.58. The van der Waals surface area contributed by atoms with Gasteiger partial charge in [0, 0.05) is 18.3 Å². The van der Waals surface area contributed by atoms with Crippen molar-refractivity contribution in [1.82, 2.24) is 4.90 Å². The fourth-order valence-corrected chi connectivity index (χ4v) is 3.81. The number of para-hydroxylation sites is 1. The summed E-state index contributed by atoms with van der Waals surface area (Å²) in [4.78, 5) is 17.3. The molecule has 0 spiro atoms. The highest BCUT2D eigenvalue weighted by molar-refractivity contribution is 6.02. The normalized spacial score (nSPS) is 32.7. The van der Waals surface area contributed by atoms with Crippen LogP contribution in [0, 0.1) is 0 Å². The maximum absolute atomic E-state index is 12.8. The van der Waals surface area contributed by atoms with Crippen molar-refractivity contribution in [3.63, 3.8) is 0 Å². The molecule has 18 heavy (non-hydrogen) atoms. The summed E-state index contributed by atoms with van der Waals surface area (Å²) >= 11 is 0. The lowest BCUT2D eigenvalue weighted by molar-refractivity contribution is 0.0669. The first kappa shape index (κ1) is 10.4. The lowest BCUT2D eigenvalue weighted by atomic mass is 10.1. The summed E-state index contributed by atoms with van der Waals surface area (Å²) in [6.45, 7) is 3.32. The number of amides is 1. The van der Waals surface area contributed by atoms with Crippen LogP contribution in [0.15, 0.2) is 24.3 Å². The van der Waals surface area contributed by atoms with Crippen LogP contribution in [0.1, 0.15) is 36.5 Å². The molecule has 0 aromatic heterocycles. The number of nitrogens with zero attached hydrogens (tertiary/aromatic N) is 2. The van der Waals surface area contributed by atoms with Crippen LogP contribution in [0.25, 0.3) is 0 Å². The molecule has 0 radical (unpaired) electrons. The van der Waals surface area contributed by atoms with Gasteiger partial charge >= 0.3 is 0 Å². The van der Waals surface area contributed by atoms with Gasteiger partial charge in [0.1, 0.15) is 0 Å². The lowest BCUT2D eigenvalue weighted by Crippen LogP contribution is -2.42. The van der Waals surface area contributed by atoms with E-state index < -0.39 is 0 Å². The van der Waals surface area contributed by atoms with Crippen molar-refractivity contribution in [2.45, 2.75) is 44.3 Å². The zero-order valence-corrected chi connectivity index (χ0v) is 10.7. The SMILES string of the molecule is CCC1CCC2C3CN3c3ccccc3C(=O)N12. The first-order valence-electron chi connectivity index (χ1n) is 6.99. The van der Waals surface area contributed by atoms with Crippen LogP contribution in [0.5, 0.6) is 0 Å². The second kappa shape index (κ2) is 3.50. The Balaban J connectivity index is 1.83. The second-order valence-electron chi connectivity index (χ2n) is 5.66. The van der Waals surface area contributed by atoms with E-state index in [0.29, 0.717) is 18.1 Å². The van der Waals surface area contributed by atoms with Crippen LogP contribution >= 0.6 is 0 Å². The van der Waals surface area contributed by atoms with E-state index in [0.717, 1.165) is 24.2 Å². The molecule has 1 aromatic carbocycles. The van der Waals surface area contributed by atoms with Gasteiger partial charge in [0.15, 0.2) is 0 Å². The van der Waals surface area contributed by atoms with Crippen molar-refractivity contribution in [2.24, 2.45) is 0 Å². The Kier molecular flexibility index (Phi) is 2.02. The van der Waals surface area contributed by atoms with Gasteiger partial charge in [-0.3, -0.25) is 4.79 Å². The molecule has 1 aromatic rings. The fraction of sp³-hybridized carbons (Fsp3) is 0.533. The number of fused-ring (bicyclic) bond motifs is 5. The average Bonchev–Trinajstić information content (AvgIpc) is 3.10. The van der Waals surface area contributed by atoms with Gasteiger partial charge < -0.3 is 9.80 Å². The summed E-state index contributed by atoms with van der Waals surface area (Å²) in [5, 5.41) is 0. The highest BCUT2D eigenvalue weighted by Gasteiger charge is 2.52. The molecule has 94 valence electrons. The molecule has 3 heteroatoms. The predicted molar refractivity (Wildman–Crippen MR) is 70.8 cm³/mol. The second-order valence-corrected chi connectivity index (χ2v) is 5.66. The predicted octanol–water partition coefficient (Wildman–Crippen LogP) is 2.27. The number of carbonyl (C=O) groups excluding carboxylic acids is 1. The molecule has 3 atom stereocenters. The molecular weight excluding hydrogens is 224 g/mol. The Labute approximate surface area is 107 Å². The zero-order chi connectivity index (χ0) is 12.3. The zero-order valence-electron chi connectivity index (χ0n) is 10.7. The van der Waals surface area contributed by atoms with E-state index in [-0.39, 0.29) is 5.91 Å². The van der Waals surface area contributed by atoms with Crippen LogP contribution in [0.2, 0.25) is 0 Å². The van der Waals surface area contributed by atoms with Gasteiger partial charge in [-0.25, -0.2) is 0 Å². The van der Waals surface area contributed by atoms with Gasteiger partial charge in [-0.1, -0.05) is 19.1 Å². The molecule has 3 heterocycles. The smallest absolute Gasteiger partial charge is 0.256 e. The van der Waals surface area contributed by atoms with Crippen LogP contribution in [-0.2, 0) is 0 Å². The van der Waals surface area contributed by atoms with E-state index in [1.165, 1.54) is 12.8 Å². The third-order valence-electron chi connectivity index (χ3n) is 4.79. The minimum Gasteiger partial charge on any atom is -0.362 e. The monoisotopic (exact) mass is 242 g/mol. The van der Waals surface area contributed by atoms with Crippen molar-refractivity contribution >= 4 is 11.6 Å². The van der Waals surface area contributed by atoms with E-state index >= 15 is 0 Å². The number of carbonyl (C=O) groups is 1. The van der Waals surface area contributed by atoms with Crippen molar-refractivity contribution in [3.05, 3.63) is 29.8 Å². The molecule has 0 aliphatic carbocycles. The minimum absolute atomic E-state index is 0.257. The Morgan fingerprint density at radius 2 is 2.06 bits per heavy atom. The molecule has 0 saturated carbocycles. The summed E-state index contributed by atoms with van der Waals surface area (Å²) in [5.74, 6) is 0.257. The van der Waals surface area contributed by atoms with Crippen molar-refractivity contribution in [3.8, 4) is 0 Å². The number of hydrogen-bond acceptors (Lipinski definition) is 2. The van der Waals surface area contributed by atoms with Gasteiger partial charge in [0.25, 0.3) is 5.91 Å². The Hall–Kier alpha value is -1.51. The maximum Gasteiger partial charge on any atom is 0.256 e. The third-order valence-corrected chi connectivity index (χ3v) is 4.79. The number of hydrogen-bond donors (Lipinski definition) is 0. The molecule has 3 nitrogen and oxygen atoms in total. The average molecular weight is 242 g/mol. The Morgan fingerprint density at radius 3 is 2.89 bits per heavy atom. The van der Waals surface area contributed by atoms with Crippen LogP contribution in [-0.4, -0.2) is 35.5 Å². The van der Waals surface area contributed by atoms with Crippen molar-refractivity contribution < 1.29 is 4.79 Å². The first-order valence-corrected chi connectivity index (χ1v) is 6.99. The number of anilines is 1. The molecule has 2 fully saturated rings. The van der Waals surface area contributed by atoms with E-state index in [4.69, 9.17) is 0 Å². The molecular formula is C15H18N2O. The molecule has 4 rings (SSSR count). The summed E-state index contributed by atoms with van der Waals surface area (Å²) in [5.41, 5.74) is 2.06. The lowest BCUT2D eigenvalue weighted by Gasteiger charge is -2.28. The quantitative estimate of drug-likeness (QED) is 0.705. The number of rotatable bonds is 1. The standard InChI is InChI=1S/C15H18N2O/c1-2-10-7-8-13-14-9-16(14)12-6-4-3-5-11(12)15(18)17(10)13/h3-6,10,13-14H,2,7-9H2,1H3. The van der Waals surface area contributed by atoms with Gasteiger partial charge in [-0.15, -0.1) is 0 Å². The van der Waals surface area contributed by atoms with E-state index in [9.17, 15) is 4.79 Å². The topological polar surface area (TPSA) is 23.3 Å². The third kappa shape index (κ3) is 1.22. The molecule has 1 amide bonds. The van der Waals surface area contributed by atoms with Crippen LogP contribution in [0.3, 0.4) is 0 Å². The number of benzene rings is 1. The first-order chi connectivity index (χ1) is 8.81. The summed E-state index contributed by atoms with van der Waals surface area (Å²) < 4.78 is 0. The van der Waals surface area contributed by atoms with E-state index in [2.05, 4.69) is 22.8 Å². The molecule has 0 N–H and O–H groups in total. The highest BCUT2D eigenvalue weighted by Crippen LogP contribution is 2.44. The molecule has 0 bridgehead atoms. The van der Waals surface area contributed by atoms with E-state index in [1.807, 2.05) is 18.2 Å². The van der Waals surface area contributed by atoms with Crippen molar-refractivity contribution in [2.75, 3.05) is 11.4 Å². The largest absolute Gasteiger partial charge is 0.362 e. The van der Waals surface area contributed by atoms with Gasteiger partial charge in [-0.2, -0.15) is 0 Å². The maximum atomic E-state index is 12.8. The van der Waals surface area contributed by atoms with E-state index in [1.54, 1.807) is 0 Å². The molecule has 2 saturated heterocycles. The fourth-order valence-electron chi connectivity index (χ4n) is 3.81. The minimum atomic E-state index is 0.257. The molecule has 3 aliphatic heterocycles. The summed E-state index contributed by atoms with van der Waals surface area (Å²) in [7, 11) is 0. The molecule has 3 aliphatic rings. The summed E-state index contributed by atoms with van der Waals surface area (Å²) in [6.07, 6.45) is 3.44. The highest BCUT2D eigenvalue weighted by atomic mass is 16.2. The van der Waals surface area contributed by atoms with Crippen LogP contribution < -0.4 is 4.90 Å². The van der Waals surface area contributed by atoms with Gasteiger partial charge in [0.2, 0.25) is 0 Å². The Bertz CT molecular complexity index is 513. The van der Waals surface area contributed by atoms with Crippen LogP contribution in [0.4, 0.5) is 5.69 Å². The Morgan fingerprint density at radius 1 is 1.22 bits per heavy atom. The van der Waals surface area contributed by atoms with Gasteiger partial charge in [-0.05, 0) is 31.4 Å². The van der Waals surface area contributed by atoms with Gasteiger partial charge in [0.05, 0.1) is 17.6 Å². The molecule has 3 unspecified atom stereocenters. The van der Waals surface area contributed by atoms with Crippen molar-refractivity contribution in [1.29, 1.82) is 0 Å².